The first-order valence-corrected chi connectivity index (χ1v) is 8.62. The average molecular weight is 336 g/mol. The highest BCUT2D eigenvalue weighted by atomic mass is 15.0. The number of nitrogens with zero attached hydrogens (tertiary/aromatic N) is 1. The van der Waals surface area contributed by atoms with Crippen LogP contribution in [-0.2, 0) is 0 Å². The molecule has 0 fully saturated rings. The summed E-state index contributed by atoms with van der Waals surface area (Å²) in [5.41, 5.74) is 5.47. The molecule has 4 rings (SSSR count). The molecule has 0 amide bonds. The van der Waals surface area contributed by atoms with Crippen LogP contribution in [0, 0.1) is 0 Å². The summed E-state index contributed by atoms with van der Waals surface area (Å²) < 4.78 is 2.31. The van der Waals surface area contributed by atoms with E-state index in [0.717, 1.165) is 17.1 Å². The molecule has 26 heavy (non-hydrogen) atoms. The Morgan fingerprint density at radius 1 is 0.808 bits per heavy atom. The fourth-order valence-electron chi connectivity index (χ4n) is 3.36. The Morgan fingerprint density at radius 2 is 1.54 bits per heavy atom. The Morgan fingerprint density at radius 3 is 2.31 bits per heavy atom. The molecule has 0 atom stereocenters. The molecule has 1 heterocycles. The predicted molar refractivity (Wildman–Crippen MR) is 113 cm³/mol. The summed E-state index contributed by atoms with van der Waals surface area (Å²) in [6.45, 7) is 7.61. The highest BCUT2D eigenvalue weighted by Crippen LogP contribution is 2.33. The van der Waals surface area contributed by atoms with Gasteiger partial charge in [-0.1, -0.05) is 61.7 Å². The van der Waals surface area contributed by atoms with Crippen LogP contribution >= 0.6 is 0 Å². The molecule has 1 aromatic heterocycles. The predicted octanol–water partition coefficient (Wildman–Crippen LogP) is 6.45. The standard InChI is InChI=1S/C24H20N2/c1-3-10-18(4-2)25-19-15-16-22-21-13-8-9-14-23(21)26(24(22)17-19)20-11-6-5-7-12-20/h3-17,25H,1-2H2/b18-10+. The maximum atomic E-state index is 3.85. The third-order valence-corrected chi connectivity index (χ3v) is 4.49. The van der Waals surface area contributed by atoms with Gasteiger partial charge in [0.05, 0.1) is 11.0 Å². The maximum Gasteiger partial charge on any atom is 0.0561 e. The minimum Gasteiger partial charge on any atom is -0.355 e. The molecule has 0 aliphatic rings. The second-order valence-electron chi connectivity index (χ2n) is 6.11. The molecule has 0 saturated carbocycles. The van der Waals surface area contributed by atoms with Crippen molar-refractivity contribution in [3.8, 4) is 5.69 Å². The molecule has 3 aromatic carbocycles. The first kappa shape index (κ1) is 16.0. The molecule has 1 N–H and O–H groups in total. The Hall–Kier alpha value is -3.52. The SMILES string of the molecule is C=C/C=C(\C=C)Nc1ccc2c3ccccc3n(-c3ccccc3)c2c1. The van der Waals surface area contributed by atoms with Crippen molar-refractivity contribution < 1.29 is 0 Å². The summed E-state index contributed by atoms with van der Waals surface area (Å²) in [7, 11) is 0. The van der Waals surface area contributed by atoms with Crippen LogP contribution in [0.3, 0.4) is 0 Å². The fraction of sp³-hybridized carbons (Fsp3) is 0. The van der Waals surface area contributed by atoms with Gasteiger partial charge in [0.2, 0.25) is 0 Å². The van der Waals surface area contributed by atoms with Gasteiger partial charge in [-0.2, -0.15) is 0 Å². The minimum absolute atomic E-state index is 0.918. The van der Waals surface area contributed by atoms with E-state index in [4.69, 9.17) is 0 Å². The Bertz CT molecular complexity index is 1130. The normalized spacial score (nSPS) is 11.6. The molecule has 0 unspecified atom stereocenters. The number of para-hydroxylation sites is 2. The second-order valence-corrected chi connectivity index (χ2v) is 6.11. The van der Waals surface area contributed by atoms with Gasteiger partial charge < -0.3 is 9.88 Å². The Balaban J connectivity index is 1.97. The van der Waals surface area contributed by atoms with E-state index in [-0.39, 0.29) is 0 Å². The number of fused-ring (bicyclic) bond motifs is 3. The van der Waals surface area contributed by atoms with E-state index in [1.165, 1.54) is 21.8 Å². The van der Waals surface area contributed by atoms with Crippen LogP contribution in [0.1, 0.15) is 0 Å². The van der Waals surface area contributed by atoms with Crippen molar-refractivity contribution in [2.45, 2.75) is 0 Å². The zero-order chi connectivity index (χ0) is 17.9. The molecule has 2 nitrogen and oxygen atoms in total. The topological polar surface area (TPSA) is 17.0 Å². The van der Waals surface area contributed by atoms with Crippen molar-refractivity contribution in [1.29, 1.82) is 0 Å². The molecule has 0 bridgehead atoms. The van der Waals surface area contributed by atoms with E-state index in [1.54, 1.807) is 12.2 Å². The second kappa shape index (κ2) is 6.77. The van der Waals surface area contributed by atoms with Gasteiger partial charge in [0, 0.05) is 27.8 Å². The van der Waals surface area contributed by atoms with Crippen molar-refractivity contribution >= 4 is 27.5 Å². The third-order valence-electron chi connectivity index (χ3n) is 4.49. The number of benzene rings is 3. The Labute approximate surface area is 153 Å². The lowest BCUT2D eigenvalue weighted by molar-refractivity contribution is 1.18. The van der Waals surface area contributed by atoms with E-state index >= 15 is 0 Å². The number of aromatic nitrogens is 1. The summed E-state index contributed by atoms with van der Waals surface area (Å²) in [6.07, 6.45) is 5.45. The van der Waals surface area contributed by atoms with Crippen molar-refractivity contribution in [2.24, 2.45) is 0 Å². The van der Waals surface area contributed by atoms with Crippen LogP contribution in [0.4, 0.5) is 5.69 Å². The first-order valence-electron chi connectivity index (χ1n) is 8.62. The largest absolute Gasteiger partial charge is 0.355 e. The van der Waals surface area contributed by atoms with Gasteiger partial charge in [-0.25, -0.2) is 0 Å². The number of rotatable bonds is 5. The van der Waals surface area contributed by atoms with Crippen LogP contribution in [0.15, 0.2) is 110 Å². The monoisotopic (exact) mass is 336 g/mol. The summed E-state index contributed by atoms with van der Waals surface area (Å²) >= 11 is 0. The van der Waals surface area contributed by atoms with Gasteiger partial charge in [-0.3, -0.25) is 0 Å². The summed E-state index contributed by atoms with van der Waals surface area (Å²) in [5.74, 6) is 0. The summed E-state index contributed by atoms with van der Waals surface area (Å²) in [6, 6.07) is 25.4. The molecule has 4 aromatic rings. The van der Waals surface area contributed by atoms with Crippen LogP contribution in [0.25, 0.3) is 27.5 Å². The lowest BCUT2D eigenvalue weighted by Gasteiger charge is -2.10. The highest BCUT2D eigenvalue weighted by Gasteiger charge is 2.12. The van der Waals surface area contributed by atoms with Crippen molar-refractivity contribution in [2.75, 3.05) is 5.32 Å². The van der Waals surface area contributed by atoms with Crippen molar-refractivity contribution in [3.63, 3.8) is 0 Å². The average Bonchev–Trinajstić information content (AvgIpc) is 3.02. The molecule has 0 aliphatic heterocycles. The van der Waals surface area contributed by atoms with Gasteiger partial charge in [0.15, 0.2) is 0 Å². The Kier molecular flexibility index (Phi) is 4.16. The van der Waals surface area contributed by atoms with E-state index in [1.807, 2.05) is 12.1 Å². The number of hydrogen-bond donors (Lipinski definition) is 1. The van der Waals surface area contributed by atoms with E-state index in [9.17, 15) is 0 Å². The maximum absolute atomic E-state index is 3.85. The zero-order valence-electron chi connectivity index (χ0n) is 14.5. The van der Waals surface area contributed by atoms with E-state index in [2.05, 4.69) is 89.8 Å². The summed E-state index contributed by atoms with van der Waals surface area (Å²) in [4.78, 5) is 0. The number of nitrogens with one attached hydrogen (secondary N) is 1. The third kappa shape index (κ3) is 2.72. The zero-order valence-corrected chi connectivity index (χ0v) is 14.5. The molecule has 126 valence electrons. The number of allylic oxidation sites excluding steroid dienone is 3. The van der Waals surface area contributed by atoms with Crippen LogP contribution < -0.4 is 5.32 Å². The van der Waals surface area contributed by atoms with Gasteiger partial charge in [-0.15, -0.1) is 0 Å². The quantitative estimate of drug-likeness (QED) is 0.414. The van der Waals surface area contributed by atoms with Crippen molar-refractivity contribution in [3.05, 3.63) is 110 Å². The molecule has 0 saturated heterocycles. The van der Waals surface area contributed by atoms with Crippen molar-refractivity contribution in [1.82, 2.24) is 4.57 Å². The van der Waals surface area contributed by atoms with Gasteiger partial charge in [-0.05, 0) is 42.5 Å². The van der Waals surface area contributed by atoms with Gasteiger partial charge >= 0.3 is 0 Å². The van der Waals surface area contributed by atoms with Gasteiger partial charge in [0.25, 0.3) is 0 Å². The fourth-order valence-corrected chi connectivity index (χ4v) is 3.36. The summed E-state index contributed by atoms with van der Waals surface area (Å²) in [5, 5.41) is 5.90. The number of hydrogen-bond acceptors (Lipinski definition) is 1. The van der Waals surface area contributed by atoms with Crippen LogP contribution in [0.5, 0.6) is 0 Å². The highest BCUT2D eigenvalue weighted by molar-refractivity contribution is 6.10. The van der Waals surface area contributed by atoms with E-state index < -0.39 is 0 Å². The lowest BCUT2D eigenvalue weighted by atomic mass is 10.1. The lowest BCUT2D eigenvalue weighted by Crippen LogP contribution is -1.97. The van der Waals surface area contributed by atoms with Gasteiger partial charge in [0.1, 0.15) is 0 Å². The molecular formula is C24H20N2. The smallest absolute Gasteiger partial charge is 0.0561 e. The molecule has 0 spiro atoms. The molecule has 0 radical (unpaired) electrons. The molecule has 2 heteroatoms. The first-order chi connectivity index (χ1) is 12.8. The van der Waals surface area contributed by atoms with Crippen LogP contribution in [-0.4, -0.2) is 4.57 Å². The minimum atomic E-state index is 0.918. The molecule has 0 aliphatic carbocycles. The van der Waals surface area contributed by atoms with E-state index in [0.29, 0.717) is 0 Å². The number of anilines is 1. The molecular weight excluding hydrogens is 316 g/mol. The van der Waals surface area contributed by atoms with Crippen LogP contribution in [0.2, 0.25) is 0 Å².